The fourth-order valence-electron chi connectivity index (χ4n) is 2.45. The number of carbonyl (C=O) groups excluding carboxylic acids is 1. The lowest BCUT2D eigenvalue weighted by molar-refractivity contribution is 0.0602. The highest BCUT2D eigenvalue weighted by Crippen LogP contribution is 2.32. The first-order valence-electron chi connectivity index (χ1n) is 7.44. The molecule has 25 heavy (non-hydrogen) atoms. The predicted octanol–water partition coefficient (Wildman–Crippen LogP) is 2.00. The second-order valence-electron chi connectivity index (χ2n) is 5.39. The molecule has 0 amide bonds. The fraction of sp³-hybridized carbons (Fsp3) is 0.312. The molecule has 2 heterocycles. The molecule has 0 bridgehead atoms. The van der Waals surface area contributed by atoms with Crippen LogP contribution in [0.25, 0.3) is 0 Å². The van der Waals surface area contributed by atoms with Gasteiger partial charge in [-0.2, -0.15) is 4.31 Å². The third-order valence-electron chi connectivity index (χ3n) is 3.72. The van der Waals surface area contributed by atoms with Crippen molar-refractivity contribution in [3.8, 4) is 11.5 Å². The van der Waals surface area contributed by atoms with Crippen molar-refractivity contribution in [1.29, 1.82) is 0 Å². The molecule has 134 valence electrons. The van der Waals surface area contributed by atoms with E-state index < -0.39 is 22.1 Å². The van der Waals surface area contributed by atoms with Crippen molar-refractivity contribution in [3.63, 3.8) is 0 Å². The van der Waals surface area contributed by atoms with E-state index in [0.29, 0.717) is 11.5 Å². The minimum Gasteiger partial charge on any atom is -0.486 e. The Kier molecular flexibility index (Phi) is 4.98. The number of hydrogen-bond acceptors (Lipinski definition) is 7. The average molecular weight is 383 g/mol. The van der Waals surface area contributed by atoms with Crippen molar-refractivity contribution in [1.82, 2.24) is 4.31 Å². The zero-order valence-corrected chi connectivity index (χ0v) is 15.3. The molecular formula is C16H17NO6S2. The van der Waals surface area contributed by atoms with Crippen LogP contribution >= 0.6 is 11.3 Å². The smallest absolute Gasteiger partial charge is 0.349 e. The number of para-hydroxylation sites is 2. The molecule has 1 aromatic heterocycles. The summed E-state index contributed by atoms with van der Waals surface area (Å²) in [7, 11) is -1.19. The Morgan fingerprint density at radius 3 is 2.76 bits per heavy atom. The molecule has 9 heteroatoms. The van der Waals surface area contributed by atoms with Crippen molar-refractivity contribution in [2.75, 3.05) is 27.3 Å². The SMILES string of the molecule is COC(=O)c1sccc1S(=O)(=O)N(C)CC1COc2ccccc2O1. The number of benzene rings is 1. The Balaban J connectivity index is 1.76. The van der Waals surface area contributed by atoms with Gasteiger partial charge in [0.25, 0.3) is 0 Å². The van der Waals surface area contributed by atoms with Gasteiger partial charge in [0.1, 0.15) is 22.5 Å². The predicted molar refractivity (Wildman–Crippen MR) is 91.8 cm³/mol. The van der Waals surface area contributed by atoms with E-state index in [1.54, 1.807) is 17.5 Å². The summed E-state index contributed by atoms with van der Waals surface area (Å²) in [5, 5.41) is 1.55. The third-order valence-corrected chi connectivity index (χ3v) is 6.61. The number of hydrogen-bond donors (Lipinski definition) is 0. The summed E-state index contributed by atoms with van der Waals surface area (Å²) < 4.78 is 42.8. The number of thiophene rings is 1. The van der Waals surface area contributed by atoms with E-state index in [2.05, 4.69) is 4.74 Å². The first kappa shape index (κ1) is 17.7. The number of ether oxygens (including phenoxy) is 3. The van der Waals surface area contributed by atoms with E-state index in [1.807, 2.05) is 12.1 Å². The molecule has 1 aliphatic rings. The first-order chi connectivity index (χ1) is 11.9. The normalized spacial score (nSPS) is 16.7. The zero-order valence-electron chi connectivity index (χ0n) is 13.7. The summed E-state index contributed by atoms with van der Waals surface area (Å²) in [6.07, 6.45) is -0.449. The average Bonchev–Trinajstić information content (AvgIpc) is 3.11. The molecule has 7 nitrogen and oxygen atoms in total. The lowest BCUT2D eigenvalue weighted by Gasteiger charge is -2.29. The van der Waals surface area contributed by atoms with E-state index in [0.717, 1.165) is 15.6 Å². The van der Waals surface area contributed by atoms with Crippen LogP contribution in [-0.2, 0) is 14.8 Å². The number of nitrogens with zero attached hydrogens (tertiary/aromatic N) is 1. The molecule has 0 aliphatic carbocycles. The minimum absolute atomic E-state index is 0.0560. The third kappa shape index (κ3) is 3.48. The minimum atomic E-state index is -3.85. The van der Waals surface area contributed by atoms with Crippen molar-refractivity contribution in [3.05, 3.63) is 40.6 Å². The van der Waals surface area contributed by atoms with Crippen LogP contribution in [0.15, 0.2) is 40.6 Å². The maximum atomic E-state index is 12.8. The summed E-state index contributed by atoms with van der Waals surface area (Å²) in [6.45, 7) is 0.331. The van der Waals surface area contributed by atoms with Crippen molar-refractivity contribution in [2.45, 2.75) is 11.0 Å². The summed E-state index contributed by atoms with van der Waals surface area (Å²) >= 11 is 1.03. The first-order valence-corrected chi connectivity index (χ1v) is 9.76. The van der Waals surface area contributed by atoms with E-state index in [4.69, 9.17) is 9.47 Å². The van der Waals surface area contributed by atoms with Crippen LogP contribution in [0.1, 0.15) is 9.67 Å². The van der Waals surface area contributed by atoms with E-state index in [9.17, 15) is 13.2 Å². The molecule has 1 aromatic carbocycles. The lowest BCUT2D eigenvalue weighted by atomic mass is 10.2. The molecule has 2 aromatic rings. The van der Waals surface area contributed by atoms with E-state index in [1.165, 1.54) is 20.2 Å². The van der Waals surface area contributed by atoms with Crippen molar-refractivity contribution < 1.29 is 27.4 Å². The molecule has 0 N–H and O–H groups in total. The number of carbonyl (C=O) groups is 1. The van der Waals surface area contributed by atoms with Gasteiger partial charge in [-0.3, -0.25) is 0 Å². The number of methoxy groups -OCH3 is 1. The van der Waals surface area contributed by atoms with Crippen LogP contribution in [0.5, 0.6) is 11.5 Å². The topological polar surface area (TPSA) is 82.1 Å². The Bertz CT molecular complexity index is 876. The molecule has 0 saturated carbocycles. The van der Waals surface area contributed by atoms with Crippen molar-refractivity contribution in [2.24, 2.45) is 0 Å². The van der Waals surface area contributed by atoms with Crippen molar-refractivity contribution >= 4 is 27.3 Å². The summed E-state index contributed by atoms with van der Waals surface area (Å²) in [4.78, 5) is 11.7. The summed E-state index contributed by atoms with van der Waals surface area (Å²) in [6, 6.07) is 8.61. The zero-order chi connectivity index (χ0) is 18.0. The largest absolute Gasteiger partial charge is 0.486 e. The van der Waals surface area contributed by atoms with Gasteiger partial charge in [0.15, 0.2) is 11.5 Å². The second-order valence-corrected chi connectivity index (χ2v) is 8.32. The van der Waals surface area contributed by atoms with Gasteiger partial charge in [0.2, 0.25) is 10.0 Å². The van der Waals surface area contributed by atoms with Gasteiger partial charge in [-0.05, 0) is 23.6 Å². The quantitative estimate of drug-likeness (QED) is 0.735. The number of sulfonamides is 1. The highest BCUT2D eigenvalue weighted by molar-refractivity contribution is 7.89. The number of esters is 1. The number of likely N-dealkylation sites (N-methyl/N-ethyl adjacent to an activating group) is 1. The maximum absolute atomic E-state index is 12.8. The van der Waals surface area contributed by atoms with E-state index in [-0.39, 0.29) is 22.9 Å². The van der Waals surface area contributed by atoms with Crippen LogP contribution in [0.4, 0.5) is 0 Å². The van der Waals surface area contributed by atoms with Gasteiger partial charge >= 0.3 is 5.97 Å². The molecule has 3 rings (SSSR count). The van der Waals surface area contributed by atoms with Crippen LogP contribution in [-0.4, -0.2) is 52.1 Å². The van der Waals surface area contributed by atoms with Crippen LogP contribution < -0.4 is 9.47 Å². The summed E-state index contributed by atoms with van der Waals surface area (Å²) in [5.74, 6) is 0.540. The van der Waals surface area contributed by atoms with E-state index >= 15 is 0 Å². The van der Waals surface area contributed by atoms with Gasteiger partial charge in [-0.1, -0.05) is 12.1 Å². The molecule has 0 fully saturated rings. The lowest BCUT2D eigenvalue weighted by Crippen LogP contribution is -2.41. The Morgan fingerprint density at radius 2 is 2.04 bits per heavy atom. The molecule has 0 saturated heterocycles. The molecule has 1 aliphatic heterocycles. The monoisotopic (exact) mass is 383 g/mol. The molecule has 0 spiro atoms. The highest BCUT2D eigenvalue weighted by atomic mass is 32.2. The van der Waals surface area contributed by atoms with Crippen LogP contribution in [0.3, 0.4) is 0 Å². The standard InChI is InChI=1S/C16H17NO6S2/c1-17(9-11-10-22-12-5-3-4-6-13(12)23-11)25(19,20)14-7-8-24-15(14)16(18)21-2/h3-8,11H,9-10H2,1-2H3. The molecule has 1 atom stereocenters. The van der Waals surface area contributed by atoms with Gasteiger partial charge < -0.3 is 14.2 Å². The van der Waals surface area contributed by atoms with Gasteiger partial charge in [0.05, 0.1) is 13.7 Å². The molecular weight excluding hydrogens is 366 g/mol. The number of rotatable bonds is 5. The highest BCUT2D eigenvalue weighted by Gasteiger charge is 2.31. The molecule has 0 radical (unpaired) electrons. The fourth-order valence-corrected chi connectivity index (χ4v) is 4.95. The second kappa shape index (κ2) is 7.03. The van der Waals surface area contributed by atoms with Gasteiger partial charge in [0, 0.05) is 7.05 Å². The Hall–Kier alpha value is -2.10. The maximum Gasteiger partial charge on any atom is 0.349 e. The van der Waals surface area contributed by atoms with Crippen LogP contribution in [0, 0.1) is 0 Å². The van der Waals surface area contributed by atoms with Gasteiger partial charge in [-0.15, -0.1) is 11.3 Å². The van der Waals surface area contributed by atoms with Gasteiger partial charge in [-0.25, -0.2) is 13.2 Å². The Labute approximate surface area is 149 Å². The van der Waals surface area contributed by atoms with Crippen LogP contribution in [0.2, 0.25) is 0 Å². The summed E-state index contributed by atoms with van der Waals surface area (Å²) in [5.41, 5.74) is 0. The Morgan fingerprint density at radius 1 is 1.32 bits per heavy atom. The number of fused-ring (bicyclic) bond motifs is 1. The molecule has 1 unspecified atom stereocenters.